The molecule has 3 rings (SSSR count). The van der Waals surface area contributed by atoms with Gasteiger partial charge in [-0.1, -0.05) is 12.0 Å². The summed E-state index contributed by atoms with van der Waals surface area (Å²) in [6, 6.07) is 6.83. The molecule has 0 amide bonds. The van der Waals surface area contributed by atoms with Gasteiger partial charge in [0.25, 0.3) is 0 Å². The van der Waals surface area contributed by atoms with Crippen molar-refractivity contribution in [2.24, 2.45) is 0 Å². The zero-order valence-corrected chi connectivity index (χ0v) is 12.0. The Kier molecular flexibility index (Phi) is 4.19. The molecule has 1 N–H and O–H groups in total. The van der Waals surface area contributed by atoms with Crippen molar-refractivity contribution in [3.8, 4) is 12.3 Å². The first kappa shape index (κ1) is 14.0. The summed E-state index contributed by atoms with van der Waals surface area (Å²) in [6.45, 7) is 2.87. The second kappa shape index (κ2) is 5.69. The second-order valence-electron chi connectivity index (χ2n) is 4.97. The van der Waals surface area contributed by atoms with Gasteiger partial charge in [0.1, 0.15) is 0 Å². The van der Waals surface area contributed by atoms with Crippen LogP contribution >= 0.6 is 12.4 Å². The van der Waals surface area contributed by atoms with Gasteiger partial charge in [0.05, 0.1) is 6.54 Å². The van der Waals surface area contributed by atoms with Crippen LogP contribution in [0.3, 0.4) is 0 Å². The number of hydrogen-bond donors (Lipinski definition) is 1. The van der Waals surface area contributed by atoms with Crippen LogP contribution < -0.4 is 5.32 Å². The zero-order valence-electron chi connectivity index (χ0n) is 11.1. The molecule has 2 heterocycles. The number of rotatable bonds is 2. The third kappa shape index (κ3) is 2.25. The fraction of sp³-hybridized carbons (Fsp3) is 0.375. The molecule has 19 heavy (non-hydrogen) atoms. The van der Waals surface area contributed by atoms with Crippen LogP contribution in [-0.2, 0) is 6.42 Å². The van der Waals surface area contributed by atoms with E-state index >= 15 is 0 Å². The van der Waals surface area contributed by atoms with Gasteiger partial charge in [0, 0.05) is 23.4 Å². The highest BCUT2D eigenvalue weighted by atomic mass is 35.5. The summed E-state index contributed by atoms with van der Waals surface area (Å²) in [5, 5.41) is 3.48. The van der Waals surface area contributed by atoms with Crippen LogP contribution in [0, 0.1) is 19.3 Å². The Balaban J connectivity index is 0.00000133. The zero-order chi connectivity index (χ0) is 12.5. The number of nitrogens with zero attached hydrogens (tertiary/aromatic N) is 1. The van der Waals surface area contributed by atoms with Crippen molar-refractivity contribution in [2.75, 3.05) is 6.54 Å². The summed E-state index contributed by atoms with van der Waals surface area (Å²) in [7, 11) is 0. The monoisotopic (exact) mass is 274 g/mol. The highest BCUT2D eigenvalue weighted by molar-refractivity contribution is 5.85. The first-order valence-corrected chi connectivity index (χ1v) is 6.58. The molecule has 0 spiro atoms. The van der Waals surface area contributed by atoms with Gasteiger partial charge in [-0.05, 0) is 49.4 Å². The average molecular weight is 275 g/mol. The molecule has 1 aliphatic rings. The lowest BCUT2D eigenvalue weighted by Crippen LogP contribution is -2.25. The van der Waals surface area contributed by atoms with E-state index in [0.29, 0.717) is 12.6 Å². The first-order valence-electron chi connectivity index (χ1n) is 6.58. The van der Waals surface area contributed by atoms with Crippen LogP contribution in [0.5, 0.6) is 0 Å². The number of halogens is 1. The molecule has 1 unspecified atom stereocenters. The molecule has 1 aliphatic carbocycles. The number of pyridine rings is 1. The van der Waals surface area contributed by atoms with Crippen LogP contribution in [0.15, 0.2) is 24.4 Å². The van der Waals surface area contributed by atoms with Crippen LogP contribution in [0.4, 0.5) is 0 Å². The number of aryl methyl sites for hydroxylation is 2. The van der Waals surface area contributed by atoms with E-state index in [4.69, 9.17) is 6.42 Å². The van der Waals surface area contributed by atoms with Gasteiger partial charge in [0.2, 0.25) is 0 Å². The molecule has 3 heteroatoms. The normalized spacial score (nSPS) is 17.6. The van der Waals surface area contributed by atoms with Crippen molar-refractivity contribution in [2.45, 2.75) is 32.2 Å². The number of nitrogens with one attached hydrogen (secondary N) is 1. The van der Waals surface area contributed by atoms with E-state index in [1.54, 1.807) is 0 Å². The highest BCUT2D eigenvalue weighted by Gasteiger charge is 2.25. The Hall–Kier alpha value is -1.43. The van der Waals surface area contributed by atoms with E-state index in [9.17, 15) is 0 Å². The summed E-state index contributed by atoms with van der Waals surface area (Å²) < 4.78 is 2.34. The van der Waals surface area contributed by atoms with Crippen LogP contribution in [0.2, 0.25) is 0 Å². The fourth-order valence-corrected chi connectivity index (χ4v) is 3.19. The minimum Gasteiger partial charge on any atom is -0.320 e. The molecule has 100 valence electrons. The molecule has 2 aromatic heterocycles. The second-order valence-corrected chi connectivity index (χ2v) is 4.97. The molecular weight excluding hydrogens is 256 g/mol. The van der Waals surface area contributed by atoms with Crippen LogP contribution in [0.1, 0.15) is 35.7 Å². The molecule has 0 aliphatic heterocycles. The molecular formula is C16H19ClN2. The molecule has 0 saturated carbocycles. The Morgan fingerprint density at radius 2 is 2.32 bits per heavy atom. The Labute approximate surface area is 120 Å². The minimum absolute atomic E-state index is 0. The van der Waals surface area contributed by atoms with E-state index in [1.807, 2.05) is 0 Å². The lowest BCUT2D eigenvalue weighted by Gasteiger charge is -2.24. The van der Waals surface area contributed by atoms with Gasteiger partial charge in [-0.25, -0.2) is 0 Å². The summed E-state index contributed by atoms with van der Waals surface area (Å²) in [6.07, 6.45) is 11.1. The third-order valence-corrected chi connectivity index (χ3v) is 3.96. The van der Waals surface area contributed by atoms with Gasteiger partial charge in [0.15, 0.2) is 0 Å². The molecule has 1 atom stereocenters. The van der Waals surface area contributed by atoms with Gasteiger partial charge in [-0.2, -0.15) is 0 Å². The molecule has 2 aromatic rings. The summed E-state index contributed by atoms with van der Waals surface area (Å²) in [5.41, 5.74) is 5.67. The summed E-state index contributed by atoms with van der Waals surface area (Å²) >= 11 is 0. The van der Waals surface area contributed by atoms with E-state index in [-0.39, 0.29) is 12.4 Å². The maximum Gasteiger partial charge on any atom is 0.0578 e. The molecule has 0 radical (unpaired) electrons. The number of hydrogen-bond acceptors (Lipinski definition) is 1. The molecule has 0 fully saturated rings. The molecule has 2 nitrogen and oxygen atoms in total. The smallest absolute Gasteiger partial charge is 0.0578 e. The van der Waals surface area contributed by atoms with Crippen molar-refractivity contribution in [1.82, 2.24) is 9.72 Å². The lowest BCUT2D eigenvalue weighted by molar-refractivity contribution is 0.477. The number of terminal acetylenes is 1. The largest absolute Gasteiger partial charge is 0.320 e. The molecule has 0 aromatic carbocycles. The SMILES string of the molecule is C#CCNC1CCCc2c1c(C)c1ccccn21.Cl. The first-order chi connectivity index (χ1) is 8.83. The third-order valence-electron chi connectivity index (χ3n) is 3.96. The Morgan fingerprint density at radius 1 is 1.47 bits per heavy atom. The molecule has 0 saturated heterocycles. The maximum atomic E-state index is 5.36. The van der Waals surface area contributed by atoms with Crippen LogP contribution in [0.25, 0.3) is 5.52 Å². The van der Waals surface area contributed by atoms with E-state index in [0.717, 1.165) is 0 Å². The van der Waals surface area contributed by atoms with Crippen molar-refractivity contribution in [3.63, 3.8) is 0 Å². The quantitative estimate of drug-likeness (QED) is 0.832. The topological polar surface area (TPSA) is 16.4 Å². The predicted octanol–water partition coefficient (Wildman–Crippen LogP) is 3.27. The van der Waals surface area contributed by atoms with Crippen molar-refractivity contribution in [3.05, 3.63) is 41.2 Å². The minimum atomic E-state index is 0. The van der Waals surface area contributed by atoms with Crippen molar-refractivity contribution >= 4 is 17.9 Å². The lowest BCUT2D eigenvalue weighted by atomic mass is 9.90. The van der Waals surface area contributed by atoms with Crippen molar-refractivity contribution < 1.29 is 0 Å². The van der Waals surface area contributed by atoms with E-state index < -0.39 is 0 Å². The average Bonchev–Trinajstić information content (AvgIpc) is 2.72. The maximum absolute atomic E-state index is 5.36. The number of aromatic nitrogens is 1. The summed E-state index contributed by atoms with van der Waals surface area (Å²) in [4.78, 5) is 0. The van der Waals surface area contributed by atoms with Gasteiger partial charge in [-0.3, -0.25) is 5.32 Å². The Bertz CT molecular complexity index is 621. The predicted molar refractivity (Wildman–Crippen MR) is 81.9 cm³/mol. The Morgan fingerprint density at radius 3 is 3.11 bits per heavy atom. The highest BCUT2D eigenvalue weighted by Crippen LogP contribution is 2.35. The number of fused-ring (bicyclic) bond motifs is 3. The van der Waals surface area contributed by atoms with Gasteiger partial charge >= 0.3 is 0 Å². The van der Waals surface area contributed by atoms with Gasteiger partial charge in [-0.15, -0.1) is 18.8 Å². The van der Waals surface area contributed by atoms with E-state index in [2.05, 4.69) is 47.0 Å². The van der Waals surface area contributed by atoms with Crippen molar-refractivity contribution in [1.29, 1.82) is 0 Å². The molecule has 0 bridgehead atoms. The van der Waals surface area contributed by atoms with Gasteiger partial charge < -0.3 is 4.40 Å². The van der Waals surface area contributed by atoms with E-state index in [1.165, 1.54) is 41.6 Å². The van der Waals surface area contributed by atoms with Crippen LogP contribution in [-0.4, -0.2) is 10.9 Å². The fourth-order valence-electron chi connectivity index (χ4n) is 3.19. The standard InChI is InChI=1S/C16H18N2.ClH/c1-3-10-17-13-7-6-9-15-16(13)12(2)14-8-4-5-11-18(14)15;/h1,4-5,8,11,13,17H,6-7,9-10H2,2H3;1H. The summed E-state index contributed by atoms with van der Waals surface area (Å²) in [5.74, 6) is 2.68.